The van der Waals surface area contributed by atoms with E-state index in [1.54, 1.807) is 11.3 Å². The van der Waals surface area contributed by atoms with Crippen molar-refractivity contribution < 1.29 is 0 Å². The van der Waals surface area contributed by atoms with Gasteiger partial charge in [0.15, 0.2) is 17.5 Å². The molecule has 0 unspecified atom stereocenters. The molecular weight excluding hydrogens is 578 g/mol. The number of hydrogen-bond donors (Lipinski definition) is 0. The molecule has 3 nitrogen and oxygen atoms in total. The van der Waals surface area contributed by atoms with Gasteiger partial charge >= 0.3 is 0 Å². The highest BCUT2D eigenvalue weighted by molar-refractivity contribution is 7.26. The predicted octanol–water partition coefficient (Wildman–Crippen LogP) is 11.4. The van der Waals surface area contributed by atoms with Crippen molar-refractivity contribution >= 4 is 75.4 Å². The maximum absolute atomic E-state index is 7.02. The van der Waals surface area contributed by atoms with E-state index in [2.05, 4.69) is 127 Å². The average Bonchev–Trinajstić information content (AvgIpc) is 3.46. The predicted molar refractivity (Wildman–Crippen MR) is 187 cm³/mol. The zero-order valence-corrected chi connectivity index (χ0v) is 24.9. The summed E-state index contributed by atoms with van der Waals surface area (Å²) in [6.45, 7) is 0. The lowest BCUT2D eigenvalue weighted by Crippen LogP contribution is -2.01. The van der Waals surface area contributed by atoms with Crippen LogP contribution in [0.2, 0.25) is 5.02 Å². The third-order valence-electron chi connectivity index (χ3n) is 8.37. The largest absolute Gasteiger partial charge is 0.208 e. The quantitative estimate of drug-likeness (QED) is 0.190. The molecule has 206 valence electrons. The molecule has 7 aromatic carbocycles. The number of nitrogens with zero attached hydrogens (tertiary/aromatic N) is 3. The van der Waals surface area contributed by atoms with Crippen LogP contribution in [-0.4, -0.2) is 15.0 Å². The Hall–Kier alpha value is -5.16. The van der Waals surface area contributed by atoms with Gasteiger partial charge in [-0.25, -0.2) is 15.0 Å². The summed E-state index contributed by atoms with van der Waals surface area (Å²) in [6.07, 6.45) is 0. The van der Waals surface area contributed by atoms with Crippen LogP contribution in [0.25, 0.3) is 86.7 Å². The molecule has 9 rings (SSSR count). The number of hydrogen-bond acceptors (Lipinski definition) is 4. The molecule has 0 radical (unpaired) electrons. The zero-order valence-electron chi connectivity index (χ0n) is 23.3. The highest BCUT2D eigenvalue weighted by atomic mass is 35.5. The standard InChI is InChI=1S/C39H22ClN3S/c40-33-20-19-31-30-15-7-8-16-34(30)44-36(31)35(33)39-42-37(26-18-17-23-9-1-2-10-24(23)21-26)41-38(43-39)32-22-25-11-3-4-12-27(25)28-13-5-6-14-29(28)32/h1-22H. The van der Waals surface area contributed by atoms with E-state index in [1.807, 2.05) is 6.07 Å². The Balaban J connectivity index is 1.38. The molecule has 0 saturated carbocycles. The number of aromatic nitrogens is 3. The molecule has 9 aromatic rings. The highest BCUT2D eigenvalue weighted by Crippen LogP contribution is 2.43. The minimum Gasteiger partial charge on any atom is -0.208 e. The third kappa shape index (κ3) is 3.99. The summed E-state index contributed by atoms with van der Waals surface area (Å²) in [7, 11) is 0. The van der Waals surface area contributed by atoms with Crippen molar-refractivity contribution in [2.24, 2.45) is 0 Å². The van der Waals surface area contributed by atoms with Crippen molar-refractivity contribution in [3.8, 4) is 34.2 Å². The van der Waals surface area contributed by atoms with Crippen molar-refractivity contribution in [1.82, 2.24) is 15.0 Å². The topological polar surface area (TPSA) is 38.7 Å². The summed E-state index contributed by atoms with van der Waals surface area (Å²) in [4.78, 5) is 15.5. The Bertz CT molecular complexity index is 2590. The molecule has 0 aliphatic carbocycles. The molecule has 0 aliphatic rings. The van der Waals surface area contributed by atoms with Crippen LogP contribution in [0.1, 0.15) is 0 Å². The first-order valence-electron chi connectivity index (χ1n) is 14.5. The van der Waals surface area contributed by atoms with E-state index in [0.717, 1.165) is 42.9 Å². The van der Waals surface area contributed by atoms with Crippen molar-refractivity contribution in [2.45, 2.75) is 0 Å². The summed E-state index contributed by atoms with van der Waals surface area (Å²) in [5.41, 5.74) is 2.73. The van der Waals surface area contributed by atoms with E-state index < -0.39 is 0 Å². The SMILES string of the molecule is Clc1ccc2c(sc3ccccc32)c1-c1nc(-c2ccc3ccccc3c2)nc(-c2cc3ccccc3c3ccccc23)n1. The van der Waals surface area contributed by atoms with Gasteiger partial charge in [-0.2, -0.15) is 0 Å². The highest BCUT2D eigenvalue weighted by Gasteiger charge is 2.20. The lowest BCUT2D eigenvalue weighted by atomic mass is 9.97. The van der Waals surface area contributed by atoms with E-state index in [4.69, 9.17) is 26.6 Å². The number of benzene rings is 7. The summed E-state index contributed by atoms with van der Waals surface area (Å²) < 4.78 is 2.28. The Kier molecular flexibility index (Phi) is 5.73. The van der Waals surface area contributed by atoms with Crippen LogP contribution >= 0.6 is 22.9 Å². The molecular formula is C39H22ClN3S. The fourth-order valence-electron chi connectivity index (χ4n) is 6.28. The van der Waals surface area contributed by atoms with Crippen molar-refractivity contribution in [3.63, 3.8) is 0 Å². The first kappa shape index (κ1) is 25.3. The maximum Gasteiger partial charge on any atom is 0.167 e. The molecule has 0 saturated heterocycles. The molecule has 2 heterocycles. The minimum absolute atomic E-state index is 0.567. The second-order valence-electron chi connectivity index (χ2n) is 11.0. The van der Waals surface area contributed by atoms with E-state index >= 15 is 0 Å². The second-order valence-corrected chi connectivity index (χ2v) is 12.4. The normalized spacial score (nSPS) is 11.8. The van der Waals surface area contributed by atoms with Crippen LogP contribution in [0.15, 0.2) is 133 Å². The number of halogens is 1. The summed E-state index contributed by atoms with van der Waals surface area (Å²) >= 11 is 8.74. The lowest BCUT2D eigenvalue weighted by Gasteiger charge is -2.13. The van der Waals surface area contributed by atoms with Crippen LogP contribution in [0.4, 0.5) is 0 Å². The Morgan fingerprint density at radius 3 is 1.98 bits per heavy atom. The van der Waals surface area contributed by atoms with Crippen molar-refractivity contribution in [2.75, 3.05) is 0 Å². The Morgan fingerprint density at radius 1 is 0.455 bits per heavy atom. The van der Waals surface area contributed by atoms with Gasteiger partial charge in [-0.05, 0) is 56.6 Å². The van der Waals surface area contributed by atoms with Gasteiger partial charge < -0.3 is 0 Å². The van der Waals surface area contributed by atoms with Gasteiger partial charge in [-0.3, -0.25) is 0 Å². The van der Waals surface area contributed by atoms with Crippen LogP contribution < -0.4 is 0 Å². The second kappa shape index (κ2) is 9.95. The molecule has 2 aromatic heterocycles. The smallest absolute Gasteiger partial charge is 0.167 e. The zero-order chi connectivity index (χ0) is 29.2. The van der Waals surface area contributed by atoms with Gasteiger partial charge in [-0.15, -0.1) is 11.3 Å². The van der Waals surface area contributed by atoms with Gasteiger partial charge in [-0.1, -0.05) is 121 Å². The van der Waals surface area contributed by atoms with Gasteiger partial charge in [0.1, 0.15) is 0 Å². The monoisotopic (exact) mass is 599 g/mol. The summed E-state index contributed by atoms with van der Waals surface area (Å²) in [6, 6.07) is 46.4. The van der Waals surface area contributed by atoms with Crippen LogP contribution in [0.3, 0.4) is 0 Å². The summed E-state index contributed by atoms with van der Waals surface area (Å²) in [5.74, 6) is 1.80. The molecule has 0 bridgehead atoms. The van der Waals surface area contributed by atoms with Gasteiger partial charge in [0.25, 0.3) is 0 Å². The summed E-state index contributed by atoms with van der Waals surface area (Å²) in [5, 5.41) is 9.88. The number of fused-ring (bicyclic) bond motifs is 7. The molecule has 0 aliphatic heterocycles. The molecule has 0 fully saturated rings. The Labute approximate surface area is 262 Å². The number of thiophene rings is 1. The van der Waals surface area contributed by atoms with Crippen LogP contribution in [0.5, 0.6) is 0 Å². The first-order valence-corrected chi connectivity index (χ1v) is 15.7. The maximum atomic E-state index is 7.02. The molecule has 0 N–H and O–H groups in total. The van der Waals surface area contributed by atoms with Gasteiger partial charge in [0.05, 0.1) is 10.6 Å². The van der Waals surface area contributed by atoms with E-state index in [1.165, 1.54) is 26.2 Å². The van der Waals surface area contributed by atoms with Crippen LogP contribution in [-0.2, 0) is 0 Å². The average molecular weight is 600 g/mol. The first-order chi connectivity index (χ1) is 21.7. The molecule has 5 heteroatoms. The van der Waals surface area contributed by atoms with Gasteiger partial charge in [0.2, 0.25) is 0 Å². The molecule has 0 spiro atoms. The molecule has 44 heavy (non-hydrogen) atoms. The van der Waals surface area contributed by atoms with Crippen molar-refractivity contribution in [3.05, 3.63) is 138 Å². The van der Waals surface area contributed by atoms with Crippen LogP contribution in [0, 0.1) is 0 Å². The minimum atomic E-state index is 0.567. The molecule has 0 amide bonds. The van der Waals surface area contributed by atoms with E-state index in [-0.39, 0.29) is 0 Å². The lowest BCUT2D eigenvalue weighted by molar-refractivity contribution is 1.08. The van der Waals surface area contributed by atoms with Crippen molar-refractivity contribution in [1.29, 1.82) is 0 Å². The number of rotatable bonds is 3. The third-order valence-corrected chi connectivity index (χ3v) is 9.89. The van der Waals surface area contributed by atoms with Gasteiger partial charge in [0, 0.05) is 31.3 Å². The fraction of sp³-hybridized carbons (Fsp3) is 0. The molecule has 0 atom stereocenters. The van der Waals surface area contributed by atoms with E-state index in [9.17, 15) is 0 Å². The van der Waals surface area contributed by atoms with E-state index in [0.29, 0.717) is 22.5 Å². The Morgan fingerprint density at radius 2 is 1.11 bits per heavy atom. The fourth-order valence-corrected chi connectivity index (χ4v) is 7.82.